The number of hydrogen-bond acceptors (Lipinski definition) is 2. The van der Waals surface area contributed by atoms with Gasteiger partial charge in [0.2, 0.25) is 0 Å². The van der Waals surface area contributed by atoms with Crippen LogP contribution < -0.4 is 0 Å². The molecule has 0 aliphatic carbocycles. The maximum Gasteiger partial charge on any atom is 0.433 e. The first kappa shape index (κ1) is 10.5. The van der Waals surface area contributed by atoms with E-state index >= 15 is 0 Å². The van der Waals surface area contributed by atoms with E-state index in [1.807, 2.05) is 6.07 Å². The highest BCUT2D eigenvalue weighted by Gasteiger charge is 2.34. The van der Waals surface area contributed by atoms with Gasteiger partial charge in [-0.25, -0.2) is 0 Å². The number of nitriles is 1. The molecular formula is C9H7F3N2. The fourth-order valence-corrected chi connectivity index (χ4v) is 1.12. The molecule has 5 heteroatoms. The van der Waals surface area contributed by atoms with Gasteiger partial charge in [-0.15, -0.1) is 0 Å². The maximum atomic E-state index is 12.2. The third kappa shape index (κ3) is 2.22. The number of pyridine rings is 1. The zero-order valence-corrected chi connectivity index (χ0v) is 7.39. The first-order valence-corrected chi connectivity index (χ1v) is 3.85. The van der Waals surface area contributed by atoms with Gasteiger partial charge >= 0.3 is 6.18 Å². The molecule has 0 fully saturated rings. The Bertz CT molecular complexity index is 377. The quantitative estimate of drug-likeness (QED) is 0.698. The Morgan fingerprint density at radius 1 is 1.50 bits per heavy atom. The first-order valence-electron chi connectivity index (χ1n) is 3.85. The molecule has 0 radical (unpaired) electrons. The number of alkyl halides is 3. The van der Waals surface area contributed by atoms with Crippen LogP contribution in [-0.2, 0) is 12.6 Å². The van der Waals surface area contributed by atoms with Crippen molar-refractivity contribution in [2.24, 2.45) is 0 Å². The summed E-state index contributed by atoms with van der Waals surface area (Å²) in [6.07, 6.45) is -3.26. The molecule has 1 rings (SSSR count). The van der Waals surface area contributed by atoms with Gasteiger partial charge in [-0.3, -0.25) is 4.98 Å². The second-order valence-electron chi connectivity index (χ2n) is 2.84. The van der Waals surface area contributed by atoms with Crippen molar-refractivity contribution in [1.82, 2.24) is 4.98 Å². The number of halogens is 3. The van der Waals surface area contributed by atoms with Gasteiger partial charge in [-0.2, -0.15) is 18.4 Å². The largest absolute Gasteiger partial charge is 0.433 e. The number of aryl methyl sites for hydroxylation is 1. The Hall–Kier alpha value is -1.57. The molecule has 2 nitrogen and oxygen atoms in total. The third-order valence-corrected chi connectivity index (χ3v) is 1.69. The molecule has 0 spiro atoms. The molecule has 0 amide bonds. The van der Waals surface area contributed by atoms with E-state index in [0.29, 0.717) is 5.56 Å². The number of aromatic nitrogens is 1. The van der Waals surface area contributed by atoms with Crippen molar-refractivity contribution < 1.29 is 13.2 Å². The van der Waals surface area contributed by atoms with Crippen LogP contribution in [0.25, 0.3) is 0 Å². The molecule has 74 valence electrons. The minimum Gasteiger partial charge on any atom is -0.251 e. The van der Waals surface area contributed by atoms with Crippen LogP contribution in [0.2, 0.25) is 0 Å². The van der Waals surface area contributed by atoms with Crippen LogP contribution in [-0.4, -0.2) is 4.98 Å². The van der Waals surface area contributed by atoms with Crippen molar-refractivity contribution >= 4 is 0 Å². The number of rotatable bonds is 1. The normalized spacial score (nSPS) is 11.1. The first-order chi connectivity index (χ1) is 6.45. The average molecular weight is 200 g/mol. The summed E-state index contributed by atoms with van der Waals surface area (Å²) < 4.78 is 36.7. The van der Waals surface area contributed by atoms with E-state index in [4.69, 9.17) is 5.26 Å². The maximum absolute atomic E-state index is 12.2. The minimum absolute atomic E-state index is 0.0465. The van der Waals surface area contributed by atoms with Gasteiger partial charge in [0, 0.05) is 6.20 Å². The molecule has 0 aromatic carbocycles. The van der Waals surface area contributed by atoms with E-state index in [1.54, 1.807) is 0 Å². The minimum atomic E-state index is -4.42. The lowest BCUT2D eigenvalue weighted by molar-refractivity contribution is -0.141. The Labute approximate surface area is 79.0 Å². The lowest BCUT2D eigenvalue weighted by atomic mass is 10.1. The van der Waals surface area contributed by atoms with Crippen molar-refractivity contribution in [1.29, 1.82) is 5.26 Å². The fourth-order valence-electron chi connectivity index (χ4n) is 1.12. The molecule has 0 atom stereocenters. The third-order valence-electron chi connectivity index (χ3n) is 1.69. The zero-order chi connectivity index (χ0) is 10.8. The van der Waals surface area contributed by atoms with Gasteiger partial charge in [-0.05, 0) is 18.1 Å². The van der Waals surface area contributed by atoms with Crippen LogP contribution in [0.1, 0.15) is 16.8 Å². The molecular weight excluding hydrogens is 193 g/mol. The van der Waals surface area contributed by atoms with E-state index in [9.17, 15) is 13.2 Å². The molecule has 1 aromatic rings. The average Bonchev–Trinajstić information content (AvgIpc) is 2.02. The van der Waals surface area contributed by atoms with Crippen molar-refractivity contribution in [2.75, 3.05) is 0 Å². The lowest BCUT2D eigenvalue weighted by Crippen LogP contribution is -2.10. The summed E-state index contributed by atoms with van der Waals surface area (Å²) in [5.41, 5.74) is -0.345. The topological polar surface area (TPSA) is 36.7 Å². The second kappa shape index (κ2) is 3.66. The van der Waals surface area contributed by atoms with Gasteiger partial charge in [0.05, 0.1) is 12.5 Å². The Kier molecular flexibility index (Phi) is 2.75. The molecule has 0 aliphatic heterocycles. The van der Waals surface area contributed by atoms with Gasteiger partial charge in [0.1, 0.15) is 5.69 Å². The Morgan fingerprint density at radius 2 is 2.14 bits per heavy atom. The molecule has 14 heavy (non-hydrogen) atoms. The SMILES string of the molecule is Cc1cc(CC#N)cnc1C(F)(F)F. The highest BCUT2D eigenvalue weighted by atomic mass is 19.4. The van der Waals surface area contributed by atoms with Crippen molar-refractivity contribution in [3.05, 3.63) is 29.1 Å². The van der Waals surface area contributed by atoms with Gasteiger partial charge in [-0.1, -0.05) is 6.07 Å². The Morgan fingerprint density at radius 3 is 2.57 bits per heavy atom. The summed E-state index contributed by atoms with van der Waals surface area (Å²) in [7, 11) is 0. The van der Waals surface area contributed by atoms with Crippen LogP contribution in [0.5, 0.6) is 0 Å². The van der Waals surface area contributed by atoms with E-state index in [-0.39, 0.29) is 12.0 Å². The fraction of sp³-hybridized carbons (Fsp3) is 0.333. The molecule has 0 saturated carbocycles. The predicted molar refractivity (Wildman–Crippen MR) is 43.3 cm³/mol. The zero-order valence-electron chi connectivity index (χ0n) is 7.39. The molecule has 1 heterocycles. The summed E-state index contributed by atoms with van der Waals surface area (Å²) in [5, 5.41) is 8.34. The molecule has 0 N–H and O–H groups in total. The van der Waals surface area contributed by atoms with E-state index in [0.717, 1.165) is 6.20 Å². The van der Waals surface area contributed by atoms with Crippen LogP contribution >= 0.6 is 0 Å². The number of hydrogen-bond donors (Lipinski definition) is 0. The monoisotopic (exact) mass is 200 g/mol. The Balaban J connectivity index is 3.09. The second-order valence-corrected chi connectivity index (χ2v) is 2.84. The molecule has 0 unspecified atom stereocenters. The molecule has 0 bridgehead atoms. The van der Waals surface area contributed by atoms with Gasteiger partial charge < -0.3 is 0 Å². The summed E-state index contributed by atoms with van der Waals surface area (Å²) in [4.78, 5) is 3.29. The highest BCUT2D eigenvalue weighted by Crippen LogP contribution is 2.29. The van der Waals surface area contributed by atoms with Crippen LogP contribution in [0, 0.1) is 18.3 Å². The summed E-state index contributed by atoms with van der Waals surface area (Å²) in [6, 6.07) is 3.18. The highest BCUT2D eigenvalue weighted by molar-refractivity contribution is 5.27. The van der Waals surface area contributed by atoms with Gasteiger partial charge in [0.15, 0.2) is 0 Å². The van der Waals surface area contributed by atoms with Crippen LogP contribution in [0.4, 0.5) is 13.2 Å². The van der Waals surface area contributed by atoms with E-state index < -0.39 is 11.9 Å². The predicted octanol–water partition coefficient (Wildman–Crippen LogP) is 2.47. The van der Waals surface area contributed by atoms with Gasteiger partial charge in [0.25, 0.3) is 0 Å². The standard InChI is InChI=1S/C9H7F3N2/c1-6-4-7(2-3-13)5-14-8(6)9(10,11)12/h4-5H,2H2,1H3. The summed E-state index contributed by atoms with van der Waals surface area (Å²) >= 11 is 0. The van der Waals surface area contributed by atoms with E-state index in [1.165, 1.54) is 13.0 Å². The van der Waals surface area contributed by atoms with Crippen LogP contribution in [0.3, 0.4) is 0 Å². The number of nitrogens with zero attached hydrogens (tertiary/aromatic N) is 2. The van der Waals surface area contributed by atoms with Crippen molar-refractivity contribution in [3.63, 3.8) is 0 Å². The molecule has 1 aromatic heterocycles. The lowest BCUT2D eigenvalue weighted by Gasteiger charge is -2.08. The van der Waals surface area contributed by atoms with Crippen molar-refractivity contribution in [3.8, 4) is 6.07 Å². The van der Waals surface area contributed by atoms with Crippen LogP contribution in [0.15, 0.2) is 12.3 Å². The van der Waals surface area contributed by atoms with E-state index in [2.05, 4.69) is 4.98 Å². The summed E-state index contributed by atoms with van der Waals surface area (Å²) in [5.74, 6) is 0. The molecule has 0 aliphatic rings. The summed E-state index contributed by atoms with van der Waals surface area (Å²) in [6.45, 7) is 1.33. The van der Waals surface area contributed by atoms with Crippen molar-refractivity contribution in [2.45, 2.75) is 19.5 Å². The molecule has 0 saturated heterocycles. The smallest absolute Gasteiger partial charge is 0.251 e.